The van der Waals surface area contributed by atoms with Crippen molar-refractivity contribution in [1.82, 2.24) is 0 Å². The number of nitrogens with two attached hydrogens (primary N) is 1. The fraction of sp³-hybridized carbons (Fsp3) is 0.625. The molecule has 0 saturated carbocycles. The second kappa shape index (κ2) is 7.04. The van der Waals surface area contributed by atoms with Crippen LogP contribution in [-0.4, -0.2) is 33.5 Å². The molecule has 0 aliphatic heterocycles. The molecule has 0 bridgehead atoms. The van der Waals surface area contributed by atoms with Crippen LogP contribution >= 0.6 is 0 Å². The monoisotopic (exact) mass is 263 g/mol. The van der Waals surface area contributed by atoms with Gasteiger partial charge in [-0.15, -0.1) is 0 Å². The minimum Gasteiger partial charge on any atom is -0.385 e. The largest absolute Gasteiger partial charge is 0.385 e. The van der Waals surface area contributed by atoms with Crippen LogP contribution in [0, 0.1) is 5.41 Å². The molecule has 0 spiro atoms. The van der Waals surface area contributed by atoms with E-state index in [0.717, 1.165) is 52.0 Å². The minimum absolute atomic E-state index is 0.213. The van der Waals surface area contributed by atoms with Crippen LogP contribution in [0.1, 0.15) is 24.0 Å². The Kier molecular flexibility index (Phi) is 5.37. The number of hydrogen-bond donors (Lipinski definition) is 1. The number of hydrogen-bond acceptors (Lipinski definition) is 3. The van der Waals surface area contributed by atoms with Crippen LogP contribution in [-0.2, 0) is 22.3 Å². The Hall–Kier alpha value is -0.900. The molecule has 0 fully saturated rings. The number of fused-ring (bicyclic) bond motifs is 1. The van der Waals surface area contributed by atoms with E-state index in [1.54, 1.807) is 7.11 Å². The lowest BCUT2D eigenvalue weighted by molar-refractivity contribution is 0.0793. The van der Waals surface area contributed by atoms with E-state index in [1.807, 2.05) is 0 Å². The third-order valence-corrected chi connectivity index (χ3v) is 4.10. The van der Waals surface area contributed by atoms with Gasteiger partial charge in [0, 0.05) is 26.9 Å². The average Bonchev–Trinajstić information content (AvgIpc) is 2.82. The molecule has 106 valence electrons. The van der Waals surface area contributed by atoms with Crippen molar-refractivity contribution in [2.75, 3.05) is 33.5 Å². The molecular formula is C16H25NO2. The van der Waals surface area contributed by atoms with Gasteiger partial charge in [-0.3, -0.25) is 0 Å². The minimum atomic E-state index is 0.213. The molecule has 0 amide bonds. The molecule has 1 aromatic rings. The van der Waals surface area contributed by atoms with Gasteiger partial charge in [0.25, 0.3) is 0 Å². The van der Waals surface area contributed by atoms with Crippen LogP contribution in [0.5, 0.6) is 0 Å². The van der Waals surface area contributed by atoms with E-state index in [1.165, 1.54) is 11.1 Å². The standard InChI is InChI=1S/C16H25NO2/c1-18-8-4-9-19-10-7-16(13-17)11-14-5-2-3-6-15(14)12-16/h2-3,5-6H,4,7-13,17H2,1H3. The quantitative estimate of drug-likeness (QED) is 0.731. The topological polar surface area (TPSA) is 44.5 Å². The summed E-state index contributed by atoms with van der Waals surface area (Å²) in [7, 11) is 1.72. The molecule has 0 saturated heterocycles. The fourth-order valence-electron chi connectivity index (χ4n) is 2.89. The Bertz CT molecular complexity index is 367. The normalized spacial score (nSPS) is 16.5. The van der Waals surface area contributed by atoms with Crippen molar-refractivity contribution < 1.29 is 9.47 Å². The molecule has 0 atom stereocenters. The van der Waals surface area contributed by atoms with Crippen LogP contribution in [0.25, 0.3) is 0 Å². The first-order chi connectivity index (χ1) is 9.29. The Morgan fingerprint density at radius 3 is 2.37 bits per heavy atom. The van der Waals surface area contributed by atoms with Gasteiger partial charge in [-0.25, -0.2) is 0 Å². The van der Waals surface area contributed by atoms with Crippen molar-refractivity contribution in [3.05, 3.63) is 35.4 Å². The molecule has 3 nitrogen and oxygen atoms in total. The lowest BCUT2D eigenvalue weighted by Gasteiger charge is -2.27. The van der Waals surface area contributed by atoms with Gasteiger partial charge in [0.05, 0.1) is 0 Å². The molecule has 0 unspecified atom stereocenters. The predicted molar refractivity (Wildman–Crippen MR) is 77.3 cm³/mol. The first-order valence-corrected chi connectivity index (χ1v) is 7.13. The van der Waals surface area contributed by atoms with Gasteiger partial charge in [0.15, 0.2) is 0 Å². The summed E-state index contributed by atoms with van der Waals surface area (Å²) in [6, 6.07) is 8.69. The van der Waals surface area contributed by atoms with Gasteiger partial charge in [0.2, 0.25) is 0 Å². The van der Waals surface area contributed by atoms with Crippen LogP contribution in [0.2, 0.25) is 0 Å². The maximum absolute atomic E-state index is 6.04. The lowest BCUT2D eigenvalue weighted by atomic mass is 9.82. The van der Waals surface area contributed by atoms with Crippen LogP contribution in [0.15, 0.2) is 24.3 Å². The van der Waals surface area contributed by atoms with Crippen molar-refractivity contribution in [2.45, 2.75) is 25.7 Å². The Labute approximate surface area is 116 Å². The second-order valence-electron chi connectivity index (χ2n) is 5.54. The summed E-state index contributed by atoms with van der Waals surface area (Å²) in [5, 5.41) is 0. The summed E-state index contributed by atoms with van der Waals surface area (Å²) in [5.74, 6) is 0. The van der Waals surface area contributed by atoms with E-state index >= 15 is 0 Å². The van der Waals surface area contributed by atoms with Crippen LogP contribution < -0.4 is 5.73 Å². The summed E-state index contributed by atoms with van der Waals surface area (Å²) in [6.07, 6.45) is 4.21. The molecule has 0 radical (unpaired) electrons. The highest BCUT2D eigenvalue weighted by Gasteiger charge is 2.35. The van der Waals surface area contributed by atoms with Gasteiger partial charge in [-0.1, -0.05) is 24.3 Å². The third-order valence-electron chi connectivity index (χ3n) is 4.10. The molecule has 0 heterocycles. The van der Waals surface area contributed by atoms with Crippen molar-refractivity contribution in [2.24, 2.45) is 11.1 Å². The Morgan fingerprint density at radius 1 is 1.11 bits per heavy atom. The molecular weight excluding hydrogens is 238 g/mol. The van der Waals surface area contributed by atoms with Crippen molar-refractivity contribution in [1.29, 1.82) is 0 Å². The molecule has 1 aliphatic rings. The smallest absolute Gasteiger partial charge is 0.0487 e. The van der Waals surface area contributed by atoms with Crippen LogP contribution in [0.3, 0.4) is 0 Å². The van der Waals surface area contributed by atoms with Gasteiger partial charge in [0.1, 0.15) is 0 Å². The summed E-state index contributed by atoms with van der Waals surface area (Å²) in [6.45, 7) is 3.09. The zero-order chi connectivity index (χ0) is 13.6. The van der Waals surface area contributed by atoms with E-state index in [-0.39, 0.29) is 5.41 Å². The molecule has 1 aliphatic carbocycles. The number of benzene rings is 1. The highest BCUT2D eigenvalue weighted by atomic mass is 16.5. The van der Waals surface area contributed by atoms with E-state index in [9.17, 15) is 0 Å². The van der Waals surface area contributed by atoms with Crippen LogP contribution in [0.4, 0.5) is 0 Å². The fourth-order valence-corrected chi connectivity index (χ4v) is 2.89. The third kappa shape index (κ3) is 3.78. The zero-order valence-corrected chi connectivity index (χ0v) is 11.9. The maximum Gasteiger partial charge on any atom is 0.0487 e. The highest BCUT2D eigenvalue weighted by Crippen LogP contribution is 2.38. The molecule has 2 rings (SSSR count). The molecule has 3 heteroatoms. The van der Waals surface area contributed by atoms with Gasteiger partial charge >= 0.3 is 0 Å². The predicted octanol–water partition coefficient (Wildman–Crippen LogP) is 2.17. The molecule has 0 aromatic heterocycles. The van der Waals surface area contributed by atoms with Gasteiger partial charge in [-0.2, -0.15) is 0 Å². The molecule has 1 aromatic carbocycles. The summed E-state index contributed by atoms with van der Waals surface area (Å²) in [5.41, 5.74) is 9.18. The Morgan fingerprint density at radius 2 is 1.79 bits per heavy atom. The number of ether oxygens (including phenoxy) is 2. The van der Waals surface area contributed by atoms with Crippen molar-refractivity contribution in [3.8, 4) is 0 Å². The number of rotatable bonds is 8. The van der Waals surface area contributed by atoms with Gasteiger partial charge in [-0.05, 0) is 48.8 Å². The summed E-state index contributed by atoms with van der Waals surface area (Å²) in [4.78, 5) is 0. The van der Waals surface area contributed by atoms with E-state index in [0.29, 0.717) is 0 Å². The maximum atomic E-state index is 6.04. The first kappa shape index (κ1) is 14.5. The van der Waals surface area contributed by atoms with Crippen molar-refractivity contribution in [3.63, 3.8) is 0 Å². The lowest BCUT2D eigenvalue weighted by Crippen LogP contribution is -2.32. The molecule has 19 heavy (non-hydrogen) atoms. The van der Waals surface area contributed by atoms with E-state index in [2.05, 4.69) is 24.3 Å². The van der Waals surface area contributed by atoms with Gasteiger partial charge < -0.3 is 15.2 Å². The SMILES string of the molecule is COCCCOCCC1(CN)Cc2ccccc2C1. The number of methoxy groups -OCH3 is 1. The van der Waals surface area contributed by atoms with E-state index in [4.69, 9.17) is 15.2 Å². The summed E-state index contributed by atoms with van der Waals surface area (Å²) >= 11 is 0. The Balaban J connectivity index is 1.78. The first-order valence-electron chi connectivity index (χ1n) is 7.13. The molecule has 2 N–H and O–H groups in total. The van der Waals surface area contributed by atoms with Crippen molar-refractivity contribution >= 4 is 0 Å². The highest BCUT2D eigenvalue weighted by molar-refractivity contribution is 5.34. The zero-order valence-electron chi connectivity index (χ0n) is 11.9. The average molecular weight is 263 g/mol. The van der Waals surface area contributed by atoms with E-state index < -0.39 is 0 Å². The summed E-state index contributed by atoms with van der Waals surface area (Å²) < 4.78 is 10.7. The second-order valence-corrected chi connectivity index (χ2v) is 5.54.